The number of allylic oxidation sites excluding steroid dienone is 1. The van der Waals surface area contributed by atoms with Crippen molar-refractivity contribution < 1.29 is 9.59 Å². The molecule has 0 aliphatic carbocycles. The van der Waals surface area contributed by atoms with E-state index < -0.39 is 6.89 Å². The van der Waals surface area contributed by atoms with Gasteiger partial charge in [-0.2, -0.15) is 0 Å². The van der Waals surface area contributed by atoms with Crippen LogP contribution < -0.4 is 0 Å². The molecule has 0 aliphatic rings. The van der Waals surface area contributed by atoms with Crippen LogP contribution in [-0.4, -0.2) is 30.1 Å². The summed E-state index contributed by atoms with van der Waals surface area (Å²) in [6.07, 6.45) is 7.05. The predicted octanol–water partition coefficient (Wildman–Crippen LogP) is 2.67. The SMILES string of the molecule is CCCP(=C=O)(CCC)CCC=C=O. The molecule has 80 valence electrons. The van der Waals surface area contributed by atoms with Crippen molar-refractivity contribution in [2.75, 3.05) is 18.5 Å². The molecule has 0 unspecified atom stereocenters. The summed E-state index contributed by atoms with van der Waals surface area (Å²) in [6, 6.07) is 0. The van der Waals surface area contributed by atoms with Gasteiger partial charge in [0, 0.05) is 6.08 Å². The van der Waals surface area contributed by atoms with Gasteiger partial charge in [0.25, 0.3) is 0 Å². The van der Waals surface area contributed by atoms with Crippen LogP contribution in [0.3, 0.4) is 0 Å². The fraction of sp³-hybridized carbons (Fsp3) is 0.727. The molecule has 0 bridgehead atoms. The van der Waals surface area contributed by atoms with Gasteiger partial charge in [-0.05, 0) is 31.8 Å². The van der Waals surface area contributed by atoms with Crippen LogP contribution >= 0.6 is 6.89 Å². The zero-order valence-electron chi connectivity index (χ0n) is 9.08. The standard InChI is InChI=1S/C11H19O2P/c1-3-8-14(11-13,9-4-2)10-6-5-7-12/h5H,3-4,6,8-10H2,1-2H3. The van der Waals surface area contributed by atoms with Crippen molar-refractivity contribution in [1.82, 2.24) is 0 Å². The zero-order chi connectivity index (χ0) is 10.9. The van der Waals surface area contributed by atoms with E-state index in [1.807, 2.05) is 0 Å². The monoisotopic (exact) mass is 214 g/mol. The normalized spacial score (nSPS) is 10.4. The van der Waals surface area contributed by atoms with E-state index in [0.29, 0.717) is 6.42 Å². The molecule has 0 aliphatic heterocycles. The maximum atomic E-state index is 11.0. The Balaban J connectivity index is 4.50. The predicted molar refractivity (Wildman–Crippen MR) is 62.7 cm³/mol. The molecule has 14 heavy (non-hydrogen) atoms. The molecule has 0 rings (SSSR count). The molecular weight excluding hydrogens is 195 g/mol. The highest BCUT2D eigenvalue weighted by Gasteiger charge is 2.15. The summed E-state index contributed by atoms with van der Waals surface area (Å²) in [5.41, 5.74) is 2.29. The molecule has 0 fully saturated rings. The maximum Gasteiger partial charge on any atom is 0.120 e. The van der Waals surface area contributed by atoms with Crippen LogP contribution in [0.2, 0.25) is 0 Å². The van der Waals surface area contributed by atoms with Gasteiger partial charge in [-0.1, -0.05) is 26.7 Å². The molecule has 0 N–H and O–H groups in total. The summed E-state index contributed by atoms with van der Waals surface area (Å²) >= 11 is 0. The lowest BCUT2D eigenvalue weighted by Gasteiger charge is -2.19. The Morgan fingerprint density at radius 3 is 2.00 bits per heavy atom. The average Bonchev–Trinajstić information content (AvgIpc) is 2.19. The molecule has 0 heterocycles. The number of rotatable bonds is 7. The van der Waals surface area contributed by atoms with Crippen molar-refractivity contribution in [3.05, 3.63) is 6.08 Å². The molecule has 0 saturated heterocycles. The second-order valence-electron chi connectivity index (χ2n) is 3.52. The summed E-state index contributed by atoms with van der Waals surface area (Å²) in [5, 5.41) is 0. The van der Waals surface area contributed by atoms with E-state index >= 15 is 0 Å². The van der Waals surface area contributed by atoms with E-state index in [9.17, 15) is 9.59 Å². The third-order valence-electron chi connectivity index (χ3n) is 2.28. The fourth-order valence-corrected chi connectivity index (χ4v) is 4.98. The first-order chi connectivity index (χ1) is 6.74. The van der Waals surface area contributed by atoms with Gasteiger partial charge in [0.1, 0.15) is 11.6 Å². The Kier molecular flexibility index (Phi) is 7.52. The molecule has 2 nitrogen and oxygen atoms in total. The van der Waals surface area contributed by atoms with E-state index in [-0.39, 0.29) is 0 Å². The molecule has 0 aromatic carbocycles. The van der Waals surface area contributed by atoms with Crippen LogP contribution in [0.15, 0.2) is 6.08 Å². The second kappa shape index (κ2) is 7.83. The Labute approximate surface area is 86.4 Å². The average molecular weight is 214 g/mol. The molecule has 0 radical (unpaired) electrons. The molecule has 3 heteroatoms. The highest BCUT2D eigenvalue weighted by molar-refractivity contribution is 7.74. The van der Waals surface area contributed by atoms with Crippen LogP contribution in [0.25, 0.3) is 0 Å². The third-order valence-corrected chi connectivity index (χ3v) is 6.39. The van der Waals surface area contributed by atoms with Crippen LogP contribution in [0.5, 0.6) is 0 Å². The first-order valence-corrected chi connectivity index (χ1v) is 7.54. The van der Waals surface area contributed by atoms with Crippen LogP contribution in [0.1, 0.15) is 33.1 Å². The Hall–Kier alpha value is -0.540. The second-order valence-corrected chi connectivity index (χ2v) is 7.33. The van der Waals surface area contributed by atoms with Gasteiger partial charge in [-0.15, -0.1) is 0 Å². The van der Waals surface area contributed by atoms with Gasteiger partial charge in [0.05, 0.1) is 0 Å². The first-order valence-electron chi connectivity index (χ1n) is 5.19. The van der Waals surface area contributed by atoms with E-state index in [4.69, 9.17) is 0 Å². The highest BCUT2D eigenvalue weighted by Crippen LogP contribution is 2.47. The van der Waals surface area contributed by atoms with E-state index in [2.05, 4.69) is 19.5 Å². The maximum absolute atomic E-state index is 11.0. The number of hydrogen-bond acceptors (Lipinski definition) is 2. The largest absolute Gasteiger partial charge is 0.234 e. The summed E-state index contributed by atoms with van der Waals surface area (Å²) in [4.78, 5) is 21.0. The van der Waals surface area contributed by atoms with Crippen molar-refractivity contribution in [2.24, 2.45) is 0 Å². The van der Waals surface area contributed by atoms with Gasteiger partial charge >= 0.3 is 0 Å². The minimum Gasteiger partial charge on any atom is -0.234 e. The van der Waals surface area contributed by atoms with Gasteiger partial charge in [-0.3, -0.25) is 0 Å². The van der Waals surface area contributed by atoms with Gasteiger partial charge in [-0.25, -0.2) is 9.59 Å². The van der Waals surface area contributed by atoms with Crippen molar-refractivity contribution >= 4 is 18.5 Å². The molecule has 0 spiro atoms. The first kappa shape index (κ1) is 13.5. The van der Waals surface area contributed by atoms with Crippen molar-refractivity contribution in [3.63, 3.8) is 0 Å². The lowest BCUT2D eigenvalue weighted by atomic mass is 10.5. The van der Waals surface area contributed by atoms with Gasteiger partial charge in [0.15, 0.2) is 0 Å². The minimum absolute atomic E-state index is 0.687. The Morgan fingerprint density at radius 2 is 1.64 bits per heavy atom. The van der Waals surface area contributed by atoms with Gasteiger partial charge < -0.3 is 0 Å². The fourth-order valence-electron chi connectivity index (χ4n) is 1.70. The molecular formula is C11H19O2P. The quantitative estimate of drug-likeness (QED) is 0.482. The minimum atomic E-state index is -1.52. The highest BCUT2D eigenvalue weighted by atomic mass is 31.2. The summed E-state index contributed by atoms with van der Waals surface area (Å²) in [6.45, 7) is 2.67. The lowest BCUT2D eigenvalue weighted by molar-refractivity contribution is 0.568. The summed E-state index contributed by atoms with van der Waals surface area (Å²) in [5.74, 6) is 1.76. The van der Waals surface area contributed by atoms with Crippen LogP contribution in [-0.2, 0) is 9.59 Å². The topological polar surface area (TPSA) is 34.1 Å². The van der Waals surface area contributed by atoms with Crippen molar-refractivity contribution in [2.45, 2.75) is 33.1 Å². The zero-order valence-corrected chi connectivity index (χ0v) is 9.98. The summed E-state index contributed by atoms with van der Waals surface area (Å²) in [7, 11) is 0. The molecule has 0 atom stereocenters. The smallest absolute Gasteiger partial charge is 0.120 e. The number of carbonyl (C=O) groups excluding carboxylic acids is 2. The van der Waals surface area contributed by atoms with Crippen LogP contribution in [0.4, 0.5) is 0 Å². The molecule has 0 amide bonds. The molecule has 0 aromatic heterocycles. The van der Waals surface area contributed by atoms with Crippen LogP contribution in [0, 0.1) is 0 Å². The van der Waals surface area contributed by atoms with Crippen molar-refractivity contribution in [1.29, 1.82) is 0 Å². The molecule has 0 saturated carbocycles. The van der Waals surface area contributed by atoms with E-state index in [1.54, 1.807) is 5.94 Å². The lowest BCUT2D eigenvalue weighted by Crippen LogP contribution is -2.00. The molecule has 0 aromatic rings. The summed E-state index contributed by atoms with van der Waals surface area (Å²) < 4.78 is 0. The van der Waals surface area contributed by atoms with E-state index in [1.165, 1.54) is 6.08 Å². The number of hydrogen-bond donors (Lipinski definition) is 0. The van der Waals surface area contributed by atoms with E-state index in [0.717, 1.165) is 31.3 Å². The Bertz CT molecular complexity index is 261. The Morgan fingerprint density at radius 1 is 1.07 bits per heavy atom. The third kappa shape index (κ3) is 4.63. The van der Waals surface area contributed by atoms with Crippen molar-refractivity contribution in [3.8, 4) is 0 Å². The van der Waals surface area contributed by atoms with Gasteiger partial charge in [0.2, 0.25) is 0 Å².